The van der Waals surface area contributed by atoms with Crippen LogP contribution in [0.1, 0.15) is 32.5 Å². The number of ether oxygens (including phenoxy) is 1. The van der Waals surface area contributed by atoms with E-state index in [2.05, 4.69) is 10.8 Å². The number of hydrogen-bond acceptors (Lipinski definition) is 7. The summed E-state index contributed by atoms with van der Waals surface area (Å²) in [6.45, 7) is 1.86. The highest BCUT2D eigenvalue weighted by atomic mass is 32.2. The molecular weight excluding hydrogens is 508 g/mol. The number of carbonyl (C=O) groups is 1. The first-order valence-corrected chi connectivity index (χ1v) is 14.1. The van der Waals surface area contributed by atoms with Crippen LogP contribution in [0.2, 0.25) is 0 Å². The van der Waals surface area contributed by atoms with Crippen molar-refractivity contribution in [1.29, 1.82) is 5.26 Å². The summed E-state index contributed by atoms with van der Waals surface area (Å²) in [6, 6.07) is 22.3. The van der Waals surface area contributed by atoms with E-state index in [1.165, 1.54) is 23.5 Å². The maximum atomic E-state index is 13.6. The monoisotopic (exact) mass is 532 g/mol. The first kappa shape index (κ1) is 25.0. The number of aromatic nitrogens is 1. The molecule has 0 radical (unpaired) electrons. The summed E-state index contributed by atoms with van der Waals surface area (Å²) in [5, 5.41) is 9.92. The second kappa shape index (κ2) is 10.8. The normalized spacial score (nSPS) is 14.8. The molecule has 4 aromatic rings. The van der Waals surface area contributed by atoms with Crippen molar-refractivity contribution >= 4 is 37.5 Å². The Morgan fingerprint density at radius 1 is 1.08 bits per heavy atom. The molecule has 0 bridgehead atoms. The minimum Gasteiger partial charge on any atom is -0.378 e. The molecule has 0 saturated carbocycles. The highest BCUT2D eigenvalue weighted by Gasteiger charge is 2.26. The average molecular weight is 533 g/mol. The molecule has 1 fully saturated rings. The van der Waals surface area contributed by atoms with Crippen molar-refractivity contribution in [2.24, 2.45) is 0 Å². The van der Waals surface area contributed by atoms with Gasteiger partial charge in [-0.3, -0.25) is 4.79 Å². The van der Waals surface area contributed by atoms with E-state index in [1.807, 2.05) is 30.3 Å². The predicted molar refractivity (Wildman–Crippen MR) is 141 cm³/mol. The third-order valence-electron chi connectivity index (χ3n) is 6.09. The number of nitriles is 1. The maximum Gasteiger partial charge on any atom is 0.254 e. The Balaban J connectivity index is 1.46. The van der Waals surface area contributed by atoms with Gasteiger partial charge in [0.1, 0.15) is 5.01 Å². The second-order valence-electron chi connectivity index (χ2n) is 8.64. The van der Waals surface area contributed by atoms with Crippen molar-refractivity contribution in [2.45, 2.75) is 17.4 Å². The smallest absolute Gasteiger partial charge is 0.254 e. The van der Waals surface area contributed by atoms with Gasteiger partial charge in [0.15, 0.2) is 0 Å². The number of para-hydroxylation sites is 1. The number of morpholine rings is 1. The summed E-state index contributed by atoms with van der Waals surface area (Å²) in [5.74, 6) is -0.226. The van der Waals surface area contributed by atoms with Crippen LogP contribution in [-0.2, 0) is 21.2 Å². The van der Waals surface area contributed by atoms with Gasteiger partial charge in [0.2, 0.25) is 10.0 Å². The van der Waals surface area contributed by atoms with Crippen LogP contribution in [0.3, 0.4) is 0 Å². The molecule has 37 heavy (non-hydrogen) atoms. The Bertz CT molecular complexity index is 1550. The zero-order valence-corrected chi connectivity index (χ0v) is 21.5. The van der Waals surface area contributed by atoms with Crippen molar-refractivity contribution < 1.29 is 17.9 Å². The number of fused-ring (bicyclic) bond motifs is 1. The minimum atomic E-state index is -4.01. The van der Waals surface area contributed by atoms with E-state index in [9.17, 15) is 18.5 Å². The van der Waals surface area contributed by atoms with Crippen LogP contribution in [-0.4, -0.2) is 50.5 Å². The van der Waals surface area contributed by atoms with Crippen molar-refractivity contribution in [3.8, 4) is 6.07 Å². The summed E-state index contributed by atoms with van der Waals surface area (Å²) in [6.07, 6.45) is 0.307. The number of amides is 1. The third kappa shape index (κ3) is 5.70. The van der Waals surface area contributed by atoms with Gasteiger partial charge < -0.3 is 9.64 Å². The van der Waals surface area contributed by atoms with E-state index >= 15 is 0 Å². The molecule has 1 aliphatic rings. The van der Waals surface area contributed by atoms with Crippen LogP contribution in [0, 0.1) is 11.3 Å². The highest BCUT2D eigenvalue weighted by Crippen LogP contribution is 2.30. The van der Waals surface area contributed by atoms with Gasteiger partial charge >= 0.3 is 0 Å². The van der Waals surface area contributed by atoms with Crippen molar-refractivity contribution in [1.82, 2.24) is 14.6 Å². The molecule has 1 unspecified atom stereocenters. The van der Waals surface area contributed by atoms with Crippen LogP contribution < -0.4 is 4.72 Å². The summed E-state index contributed by atoms with van der Waals surface area (Å²) >= 11 is 1.42. The highest BCUT2D eigenvalue weighted by molar-refractivity contribution is 7.89. The van der Waals surface area contributed by atoms with Crippen LogP contribution in [0.5, 0.6) is 0 Å². The van der Waals surface area contributed by atoms with Crippen LogP contribution in [0.4, 0.5) is 0 Å². The number of hydrogen-bond donors (Lipinski definition) is 1. The molecule has 0 spiro atoms. The third-order valence-corrected chi connectivity index (χ3v) is 8.71. The second-order valence-corrected chi connectivity index (χ2v) is 11.4. The fourth-order valence-electron chi connectivity index (χ4n) is 4.22. The Morgan fingerprint density at radius 2 is 1.86 bits per heavy atom. The van der Waals surface area contributed by atoms with Crippen LogP contribution in [0.15, 0.2) is 77.7 Å². The fourth-order valence-corrected chi connectivity index (χ4v) is 6.56. The predicted octanol–water partition coefficient (Wildman–Crippen LogP) is 3.90. The molecule has 10 heteroatoms. The van der Waals surface area contributed by atoms with Crippen molar-refractivity contribution in [3.05, 3.63) is 94.5 Å². The number of benzene rings is 3. The molecular formula is C27H24N4O4S2. The minimum absolute atomic E-state index is 0.00324. The molecule has 0 aliphatic carbocycles. The average Bonchev–Trinajstić information content (AvgIpc) is 3.37. The zero-order valence-electron chi connectivity index (χ0n) is 19.8. The number of carbonyl (C=O) groups excluding carboxylic acids is 1. The number of thiazole rings is 1. The maximum absolute atomic E-state index is 13.6. The molecule has 1 saturated heterocycles. The van der Waals surface area contributed by atoms with E-state index in [0.717, 1.165) is 15.8 Å². The van der Waals surface area contributed by atoms with Crippen molar-refractivity contribution in [2.75, 3.05) is 26.3 Å². The van der Waals surface area contributed by atoms with Crippen LogP contribution >= 0.6 is 11.3 Å². The number of nitrogens with zero attached hydrogens (tertiary/aromatic N) is 3. The Kier molecular flexibility index (Phi) is 7.30. The quantitative estimate of drug-likeness (QED) is 0.386. The van der Waals surface area contributed by atoms with E-state index in [1.54, 1.807) is 35.2 Å². The molecule has 5 rings (SSSR count). The largest absolute Gasteiger partial charge is 0.378 e. The van der Waals surface area contributed by atoms with Gasteiger partial charge in [-0.05, 0) is 54.4 Å². The molecule has 3 aromatic carbocycles. The van der Waals surface area contributed by atoms with Gasteiger partial charge in [0, 0.05) is 18.7 Å². The molecule has 2 heterocycles. The molecule has 1 aliphatic heterocycles. The summed E-state index contributed by atoms with van der Waals surface area (Å²) in [4.78, 5) is 19.3. The van der Waals surface area contributed by atoms with E-state index in [0.29, 0.717) is 48.9 Å². The van der Waals surface area contributed by atoms with Crippen LogP contribution in [0.25, 0.3) is 10.2 Å². The number of nitrogens with one attached hydrogen (secondary N) is 1. The lowest BCUT2D eigenvalue weighted by Gasteiger charge is -2.27. The topological polar surface area (TPSA) is 112 Å². The Hall–Kier alpha value is -3.62. The van der Waals surface area contributed by atoms with Gasteiger partial charge in [-0.2, -0.15) is 5.26 Å². The fraction of sp³-hybridized carbons (Fsp3) is 0.222. The zero-order chi connectivity index (χ0) is 25.8. The molecule has 8 nitrogen and oxygen atoms in total. The molecule has 188 valence electrons. The Labute approximate surface area is 219 Å². The molecule has 1 atom stereocenters. The SMILES string of the molecule is N#Cc1cccc(CC(NS(=O)(=O)c2cccc(C(=O)N3CCOCC3)c2)c2nc3ccccc3s2)c1. The van der Waals surface area contributed by atoms with Gasteiger partial charge in [0.25, 0.3) is 5.91 Å². The molecule has 1 N–H and O–H groups in total. The van der Waals surface area contributed by atoms with Gasteiger partial charge in [-0.25, -0.2) is 18.1 Å². The standard InChI is InChI=1S/C27H24N4O4S2/c28-18-20-6-3-5-19(15-20)16-24(26-29-23-9-1-2-10-25(23)36-26)30-37(33,34)22-8-4-7-21(17-22)27(32)31-11-13-35-14-12-31/h1-10,15,17,24,30H,11-14,16H2. The van der Waals surface area contributed by atoms with Gasteiger partial charge in [0.05, 0.1) is 46.0 Å². The Morgan fingerprint density at radius 3 is 2.65 bits per heavy atom. The summed E-state index contributed by atoms with van der Waals surface area (Å²) < 4.78 is 36.2. The first-order chi connectivity index (χ1) is 17.9. The molecule has 1 aromatic heterocycles. The lowest BCUT2D eigenvalue weighted by molar-refractivity contribution is 0.0302. The molecule has 1 amide bonds. The van der Waals surface area contributed by atoms with E-state index in [4.69, 9.17) is 9.72 Å². The van der Waals surface area contributed by atoms with Crippen molar-refractivity contribution in [3.63, 3.8) is 0 Å². The summed E-state index contributed by atoms with van der Waals surface area (Å²) in [5.41, 5.74) is 2.40. The lowest BCUT2D eigenvalue weighted by atomic mass is 10.0. The number of rotatable bonds is 7. The summed E-state index contributed by atoms with van der Waals surface area (Å²) in [7, 11) is -4.01. The number of sulfonamides is 1. The first-order valence-electron chi connectivity index (χ1n) is 11.8. The van der Waals surface area contributed by atoms with E-state index in [-0.39, 0.29) is 10.8 Å². The van der Waals surface area contributed by atoms with Gasteiger partial charge in [-0.15, -0.1) is 11.3 Å². The van der Waals surface area contributed by atoms with Gasteiger partial charge in [-0.1, -0.05) is 30.3 Å². The van der Waals surface area contributed by atoms with E-state index < -0.39 is 16.1 Å². The lowest BCUT2D eigenvalue weighted by Crippen LogP contribution is -2.40.